The van der Waals surface area contributed by atoms with E-state index in [0.717, 1.165) is 12.8 Å². The molecule has 1 spiro atoms. The van der Waals surface area contributed by atoms with Gasteiger partial charge in [0.2, 0.25) is 0 Å². The van der Waals surface area contributed by atoms with Gasteiger partial charge in [0.05, 0.1) is 6.61 Å². The maximum Gasteiger partial charge on any atom is 0.166 e. The van der Waals surface area contributed by atoms with Crippen LogP contribution in [0.15, 0.2) is 0 Å². The summed E-state index contributed by atoms with van der Waals surface area (Å²) >= 11 is 0. The quantitative estimate of drug-likeness (QED) is 0.574. The van der Waals surface area contributed by atoms with Gasteiger partial charge in [-0.3, -0.25) is 4.79 Å². The molecule has 0 radical (unpaired) electrons. The fourth-order valence-corrected chi connectivity index (χ4v) is 3.06. The Morgan fingerprint density at radius 1 is 1.31 bits per heavy atom. The maximum absolute atomic E-state index is 11.7. The highest BCUT2D eigenvalue weighted by molar-refractivity contribution is 5.89. The van der Waals surface area contributed by atoms with Gasteiger partial charge in [0.15, 0.2) is 5.78 Å². The van der Waals surface area contributed by atoms with E-state index in [1.807, 2.05) is 0 Å². The molecule has 0 aromatic rings. The minimum Gasteiger partial charge on any atom is -0.367 e. The number of hydrogen-bond donors (Lipinski definition) is 0. The summed E-state index contributed by atoms with van der Waals surface area (Å²) in [5.74, 6) is 1.64. The van der Waals surface area contributed by atoms with Gasteiger partial charge in [-0.1, -0.05) is 13.8 Å². The molecule has 2 heteroatoms. The van der Waals surface area contributed by atoms with E-state index in [9.17, 15) is 4.79 Å². The van der Waals surface area contributed by atoms with Crippen molar-refractivity contribution in [2.75, 3.05) is 6.61 Å². The van der Waals surface area contributed by atoms with E-state index in [1.165, 1.54) is 6.42 Å². The summed E-state index contributed by atoms with van der Waals surface area (Å²) in [6.07, 6.45) is 3.80. The second kappa shape index (κ2) is 3.09. The van der Waals surface area contributed by atoms with Crippen molar-refractivity contribution in [2.24, 2.45) is 11.8 Å². The molecule has 1 heterocycles. The van der Waals surface area contributed by atoms with Crippen LogP contribution >= 0.6 is 0 Å². The number of ketones is 1. The van der Waals surface area contributed by atoms with Crippen molar-refractivity contribution >= 4 is 5.78 Å². The molecule has 0 bridgehead atoms. The smallest absolute Gasteiger partial charge is 0.166 e. The first-order chi connectivity index (χ1) is 6.12. The van der Waals surface area contributed by atoms with Crippen LogP contribution in [0.5, 0.6) is 0 Å². The Bertz CT molecular complexity index is 212. The van der Waals surface area contributed by atoms with Crippen LogP contribution in [0, 0.1) is 11.8 Å². The lowest BCUT2D eigenvalue weighted by Crippen LogP contribution is -2.43. The summed E-state index contributed by atoms with van der Waals surface area (Å²) < 4.78 is 5.68. The van der Waals surface area contributed by atoms with E-state index in [2.05, 4.69) is 13.8 Å². The van der Waals surface area contributed by atoms with Crippen LogP contribution in [0.1, 0.15) is 39.5 Å². The molecule has 2 rings (SSSR count). The molecular weight excluding hydrogens is 164 g/mol. The van der Waals surface area contributed by atoms with Crippen molar-refractivity contribution < 1.29 is 9.53 Å². The van der Waals surface area contributed by atoms with Crippen LogP contribution in [-0.4, -0.2) is 18.0 Å². The summed E-state index contributed by atoms with van der Waals surface area (Å²) in [6.45, 7) is 5.11. The fraction of sp³-hybridized carbons (Fsp3) is 0.909. The molecule has 2 atom stereocenters. The highest BCUT2D eigenvalue weighted by Crippen LogP contribution is 2.42. The Balaban J connectivity index is 2.16. The fourth-order valence-electron chi connectivity index (χ4n) is 3.06. The van der Waals surface area contributed by atoms with Gasteiger partial charge in [-0.25, -0.2) is 0 Å². The molecule has 2 fully saturated rings. The molecule has 2 aliphatic rings. The molecule has 1 aliphatic heterocycles. The van der Waals surface area contributed by atoms with E-state index >= 15 is 0 Å². The lowest BCUT2D eigenvalue weighted by molar-refractivity contribution is -0.138. The molecule has 74 valence electrons. The van der Waals surface area contributed by atoms with E-state index < -0.39 is 0 Å². The second-order valence-electron chi connectivity index (χ2n) is 4.87. The zero-order valence-electron chi connectivity index (χ0n) is 8.51. The summed E-state index contributed by atoms with van der Waals surface area (Å²) in [6, 6.07) is 0. The van der Waals surface area contributed by atoms with Crippen LogP contribution in [0.3, 0.4) is 0 Å². The minimum atomic E-state index is -0.364. The molecule has 0 amide bonds. The molecule has 0 aromatic heterocycles. The van der Waals surface area contributed by atoms with Crippen molar-refractivity contribution in [1.82, 2.24) is 0 Å². The van der Waals surface area contributed by atoms with Crippen molar-refractivity contribution in [3.8, 4) is 0 Å². The Labute approximate surface area is 79.7 Å². The molecule has 0 N–H and O–H groups in total. The molecule has 1 saturated heterocycles. The van der Waals surface area contributed by atoms with Gasteiger partial charge < -0.3 is 4.74 Å². The first kappa shape index (κ1) is 9.20. The summed E-state index contributed by atoms with van der Waals surface area (Å²) in [5, 5.41) is 0. The largest absolute Gasteiger partial charge is 0.367 e. The lowest BCUT2D eigenvalue weighted by atomic mass is 9.72. The maximum atomic E-state index is 11.7. The van der Waals surface area contributed by atoms with Gasteiger partial charge in [-0.15, -0.1) is 0 Å². The van der Waals surface area contributed by atoms with Gasteiger partial charge in [0, 0.05) is 6.42 Å². The molecule has 1 aliphatic carbocycles. The lowest BCUT2D eigenvalue weighted by Gasteiger charge is -2.38. The monoisotopic (exact) mass is 182 g/mol. The van der Waals surface area contributed by atoms with E-state index in [-0.39, 0.29) is 5.60 Å². The van der Waals surface area contributed by atoms with Gasteiger partial charge in [-0.2, -0.15) is 0 Å². The SMILES string of the molecule is CC1CC(C)CC2(C1)OCCC2=O. The molecule has 2 unspecified atom stereocenters. The van der Waals surface area contributed by atoms with Gasteiger partial charge in [-0.05, 0) is 31.1 Å². The Hall–Kier alpha value is -0.370. The zero-order valence-corrected chi connectivity index (χ0v) is 8.51. The van der Waals surface area contributed by atoms with E-state index in [4.69, 9.17) is 4.74 Å². The Morgan fingerprint density at radius 3 is 2.38 bits per heavy atom. The van der Waals surface area contributed by atoms with Crippen molar-refractivity contribution in [2.45, 2.75) is 45.1 Å². The van der Waals surface area contributed by atoms with Crippen molar-refractivity contribution in [3.63, 3.8) is 0 Å². The number of Topliss-reactive ketones (excluding diaryl/α,β-unsaturated/α-hetero) is 1. The number of carbonyl (C=O) groups excluding carboxylic acids is 1. The molecule has 0 aromatic carbocycles. The summed E-state index contributed by atoms with van der Waals surface area (Å²) in [5.41, 5.74) is -0.364. The van der Waals surface area contributed by atoms with Gasteiger partial charge in [0.25, 0.3) is 0 Å². The van der Waals surface area contributed by atoms with Crippen molar-refractivity contribution in [1.29, 1.82) is 0 Å². The van der Waals surface area contributed by atoms with Crippen molar-refractivity contribution in [3.05, 3.63) is 0 Å². The summed E-state index contributed by atoms with van der Waals surface area (Å²) in [7, 11) is 0. The molecule has 1 saturated carbocycles. The average molecular weight is 182 g/mol. The number of hydrogen-bond acceptors (Lipinski definition) is 2. The molecular formula is C11H18O2. The number of rotatable bonds is 0. The normalized spacial score (nSPS) is 45.8. The van der Waals surface area contributed by atoms with Gasteiger partial charge in [0.1, 0.15) is 5.60 Å². The zero-order chi connectivity index (χ0) is 9.47. The second-order valence-corrected chi connectivity index (χ2v) is 4.87. The summed E-state index contributed by atoms with van der Waals surface area (Å²) in [4.78, 5) is 11.7. The Kier molecular flexibility index (Phi) is 2.18. The first-order valence-electron chi connectivity index (χ1n) is 5.30. The van der Waals surface area contributed by atoms with E-state index in [1.54, 1.807) is 0 Å². The highest BCUT2D eigenvalue weighted by atomic mass is 16.5. The molecule has 2 nitrogen and oxygen atoms in total. The standard InChI is InChI=1S/C11H18O2/c1-8-5-9(2)7-11(6-8)10(12)3-4-13-11/h8-9H,3-7H2,1-2H3. The predicted octanol–water partition coefficient (Wildman–Crippen LogP) is 2.17. The first-order valence-corrected chi connectivity index (χ1v) is 5.30. The van der Waals surface area contributed by atoms with Crippen LogP contribution in [0.2, 0.25) is 0 Å². The number of ether oxygens (including phenoxy) is 1. The van der Waals surface area contributed by atoms with Gasteiger partial charge >= 0.3 is 0 Å². The van der Waals surface area contributed by atoms with Crippen LogP contribution in [0.4, 0.5) is 0 Å². The minimum absolute atomic E-state index is 0.353. The third kappa shape index (κ3) is 1.52. The van der Waals surface area contributed by atoms with Crippen LogP contribution in [0.25, 0.3) is 0 Å². The third-order valence-corrected chi connectivity index (χ3v) is 3.38. The Morgan fingerprint density at radius 2 is 1.92 bits per heavy atom. The predicted molar refractivity (Wildman–Crippen MR) is 50.5 cm³/mol. The molecule has 13 heavy (non-hydrogen) atoms. The highest BCUT2D eigenvalue weighted by Gasteiger charge is 2.47. The van der Waals surface area contributed by atoms with Crippen LogP contribution in [-0.2, 0) is 9.53 Å². The number of carbonyl (C=O) groups is 1. The van der Waals surface area contributed by atoms with Crippen LogP contribution < -0.4 is 0 Å². The van der Waals surface area contributed by atoms with E-state index in [0.29, 0.717) is 30.6 Å². The topological polar surface area (TPSA) is 26.3 Å². The average Bonchev–Trinajstić information content (AvgIpc) is 2.30. The third-order valence-electron chi connectivity index (χ3n) is 3.38.